The zero-order chi connectivity index (χ0) is 19.4. The fourth-order valence-corrected chi connectivity index (χ4v) is 5.23. The van der Waals surface area contributed by atoms with Crippen molar-refractivity contribution in [2.45, 2.75) is 31.1 Å². The Labute approximate surface area is 161 Å². The molecule has 2 aliphatic rings. The van der Waals surface area contributed by atoms with E-state index in [1.54, 1.807) is 35.2 Å². The lowest BCUT2D eigenvalue weighted by Gasteiger charge is -2.38. The van der Waals surface area contributed by atoms with Gasteiger partial charge in [0.1, 0.15) is 0 Å². The summed E-state index contributed by atoms with van der Waals surface area (Å²) in [6.07, 6.45) is 1.57. The molecule has 0 atom stereocenters. The fraction of sp³-hybridized carbons (Fsp3) is 0.579. The number of carbonyl (C=O) groups is 2. The third-order valence-corrected chi connectivity index (χ3v) is 7.34. The zero-order valence-corrected chi connectivity index (χ0v) is 16.5. The predicted octanol–water partition coefficient (Wildman–Crippen LogP) is 1.17. The van der Waals surface area contributed by atoms with Crippen LogP contribution in [-0.4, -0.2) is 73.6 Å². The molecule has 8 heteroatoms. The fourth-order valence-electron chi connectivity index (χ4n) is 3.74. The van der Waals surface area contributed by atoms with Crippen LogP contribution in [0.1, 0.15) is 26.2 Å². The van der Waals surface area contributed by atoms with Gasteiger partial charge in [-0.2, -0.15) is 4.31 Å². The van der Waals surface area contributed by atoms with Crippen LogP contribution < -0.4 is 0 Å². The normalized spacial score (nSPS) is 19.9. The molecule has 7 nitrogen and oxygen atoms in total. The molecule has 0 unspecified atom stereocenters. The Morgan fingerprint density at radius 2 is 1.48 bits per heavy atom. The molecule has 0 bridgehead atoms. The largest absolute Gasteiger partial charge is 0.339 e. The van der Waals surface area contributed by atoms with E-state index in [-0.39, 0.29) is 17.7 Å². The van der Waals surface area contributed by atoms with Gasteiger partial charge >= 0.3 is 0 Å². The molecule has 0 aliphatic carbocycles. The highest BCUT2D eigenvalue weighted by Crippen LogP contribution is 2.25. The van der Waals surface area contributed by atoms with Gasteiger partial charge in [-0.25, -0.2) is 8.42 Å². The van der Waals surface area contributed by atoms with Crippen molar-refractivity contribution in [1.82, 2.24) is 14.1 Å². The van der Waals surface area contributed by atoms with Crippen molar-refractivity contribution >= 4 is 21.8 Å². The summed E-state index contributed by atoms with van der Waals surface area (Å²) in [7, 11) is -3.49. The van der Waals surface area contributed by atoms with Gasteiger partial charge in [0, 0.05) is 51.6 Å². The number of amides is 2. The number of hydrogen-bond acceptors (Lipinski definition) is 4. The van der Waals surface area contributed by atoms with Crippen molar-refractivity contribution in [3.63, 3.8) is 0 Å². The third-order valence-electron chi connectivity index (χ3n) is 5.43. The van der Waals surface area contributed by atoms with E-state index in [4.69, 9.17) is 0 Å². The number of benzene rings is 1. The Bertz CT molecular complexity index is 765. The van der Waals surface area contributed by atoms with Crippen LogP contribution in [0.5, 0.6) is 0 Å². The molecule has 2 saturated heterocycles. The van der Waals surface area contributed by atoms with Gasteiger partial charge in [-0.15, -0.1) is 0 Å². The number of carbonyl (C=O) groups excluding carboxylic acids is 2. The molecule has 27 heavy (non-hydrogen) atoms. The predicted molar refractivity (Wildman–Crippen MR) is 101 cm³/mol. The molecule has 0 aromatic heterocycles. The van der Waals surface area contributed by atoms with E-state index < -0.39 is 10.0 Å². The van der Waals surface area contributed by atoms with Gasteiger partial charge in [0.05, 0.1) is 4.90 Å². The van der Waals surface area contributed by atoms with E-state index >= 15 is 0 Å². The molecule has 0 spiro atoms. The van der Waals surface area contributed by atoms with Crippen LogP contribution in [0.2, 0.25) is 0 Å². The number of piperazine rings is 1. The number of hydrogen-bond donors (Lipinski definition) is 0. The highest BCUT2D eigenvalue weighted by molar-refractivity contribution is 7.89. The van der Waals surface area contributed by atoms with Crippen molar-refractivity contribution < 1.29 is 18.0 Å². The quantitative estimate of drug-likeness (QED) is 0.769. The summed E-state index contributed by atoms with van der Waals surface area (Å²) in [5.41, 5.74) is 0. The maximum Gasteiger partial charge on any atom is 0.243 e. The van der Waals surface area contributed by atoms with Gasteiger partial charge in [0.25, 0.3) is 0 Å². The van der Waals surface area contributed by atoms with E-state index in [2.05, 4.69) is 0 Å². The summed E-state index contributed by atoms with van der Waals surface area (Å²) < 4.78 is 26.9. The molecule has 2 fully saturated rings. The highest BCUT2D eigenvalue weighted by Gasteiger charge is 2.34. The second kappa shape index (κ2) is 8.39. The Hall–Kier alpha value is -1.93. The molecule has 0 saturated carbocycles. The van der Waals surface area contributed by atoms with Gasteiger partial charge in [0.2, 0.25) is 21.8 Å². The first-order chi connectivity index (χ1) is 12.9. The minimum atomic E-state index is -3.49. The summed E-state index contributed by atoms with van der Waals surface area (Å²) in [6, 6.07) is 8.42. The lowest BCUT2D eigenvalue weighted by atomic mass is 9.96. The number of sulfonamides is 1. The SMILES string of the molecule is CCC(=O)N1CCN(C(=O)C2CCN(S(=O)(=O)c3ccccc3)CC2)CC1. The number of piperidine rings is 1. The van der Waals surface area contributed by atoms with Crippen molar-refractivity contribution in [2.24, 2.45) is 5.92 Å². The maximum atomic E-state index is 12.8. The lowest BCUT2D eigenvalue weighted by Crippen LogP contribution is -2.53. The molecular weight excluding hydrogens is 366 g/mol. The number of nitrogens with zero attached hydrogens (tertiary/aromatic N) is 3. The summed E-state index contributed by atoms with van der Waals surface area (Å²) in [6.45, 7) is 4.86. The monoisotopic (exact) mass is 393 g/mol. The average Bonchev–Trinajstić information content (AvgIpc) is 2.73. The second-order valence-electron chi connectivity index (χ2n) is 7.05. The van der Waals surface area contributed by atoms with Crippen LogP contribution in [0.4, 0.5) is 0 Å². The smallest absolute Gasteiger partial charge is 0.243 e. The van der Waals surface area contributed by atoms with Crippen LogP contribution in [0, 0.1) is 5.92 Å². The van der Waals surface area contributed by atoms with Crippen molar-refractivity contribution in [3.05, 3.63) is 30.3 Å². The van der Waals surface area contributed by atoms with Crippen LogP contribution in [-0.2, 0) is 19.6 Å². The van der Waals surface area contributed by atoms with Crippen LogP contribution >= 0.6 is 0 Å². The first-order valence-electron chi connectivity index (χ1n) is 9.55. The molecule has 1 aromatic rings. The standard InChI is InChI=1S/C19H27N3O4S/c1-2-18(23)20-12-14-21(15-13-20)19(24)16-8-10-22(11-9-16)27(25,26)17-6-4-3-5-7-17/h3-7,16H,2,8-15H2,1H3. The number of rotatable bonds is 4. The second-order valence-corrected chi connectivity index (χ2v) is 8.99. The third kappa shape index (κ3) is 4.32. The van der Waals surface area contributed by atoms with Crippen molar-refractivity contribution in [3.8, 4) is 0 Å². The first kappa shape index (κ1) is 19.8. The van der Waals surface area contributed by atoms with E-state index in [9.17, 15) is 18.0 Å². The van der Waals surface area contributed by atoms with Crippen molar-refractivity contribution in [1.29, 1.82) is 0 Å². The summed E-state index contributed by atoms with van der Waals surface area (Å²) in [4.78, 5) is 28.5. The van der Waals surface area contributed by atoms with Gasteiger partial charge in [0.15, 0.2) is 0 Å². The van der Waals surface area contributed by atoms with E-state index in [0.717, 1.165) is 0 Å². The van der Waals surface area contributed by atoms with Crippen molar-refractivity contribution in [2.75, 3.05) is 39.3 Å². The Morgan fingerprint density at radius 3 is 2.04 bits per heavy atom. The van der Waals surface area contributed by atoms with Gasteiger partial charge in [-0.1, -0.05) is 25.1 Å². The molecule has 3 rings (SSSR count). The minimum absolute atomic E-state index is 0.0929. The van der Waals surface area contributed by atoms with Crippen LogP contribution in [0.3, 0.4) is 0 Å². The molecule has 2 amide bonds. The molecule has 2 aliphatic heterocycles. The van der Waals surface area contributed by atoms with Crippen LogP contribution in [0.25, 0.3) is 0 Å². The highest BCUT2D eigenvalue weighted by atomic mass is 32.2. The van der Waals surface area contributed by atoms with Crippen LogP contribution in [0.15, 0.2) is 35.2 Å². The molecule has 0 radical (unpaired) electrons. The lowest BCUT2D eigenvalue weighted by molar-refractivity contribution is -0.142. The minimum Gasteiger partial charge on any atom is -0.339 e. The molecule has 1 aromatic carbocycles. The zero-order valence-electron chi connectivity index (χ0n) is 15.7. The first-order valence-corrected chi connectivity index (χ1v) is 11.0. The molecule has 148 valence electrons. The average molecular weight is 394 g/mol. The molecule has 0 N–H and O–H groups in total. The van der Waals surface area contributed by atoms with E-state index in [0.29, 0.717) is 63.4 Å². The summed E-state index contributed by atoms with van der Waals surface area (Å²) >= 11 is 0. The molecule has 2 heterocycles. The molecular formula is C19H27N3O4S. The Kier molecular flexibility index (Phi) is 6.16. The Morgan fingerprint density at radius 1 is 0.926 bits per heavy atom. The van der Waals surface area contributed by atoms with E-state index in [1.807, 2.05) is 11.8 Å². The van der Waals surface area contributed by atoms with Gasteiger partial charge < -0.3 is 9.80 Å². The Balaban J connectivity index is 1.54. The topological polar surface area (TPSA) is 78.0 Å². The summed E-state index contributed by atoms with van der Waals surface area (Å²) in [5.74, 6) is 0.0810. The maximum absolute atomic E-state index is 12.8. The van der Waals surface area contributed by atoms with E-state index in [1.165, 1.54) is 4.31 Å². The van der Waals surface area contributed by atoms with Gasteiger partial charge in [-0.05, 0) is 25.0 Å². The summed E-state index contributed by atoms with van der Waals surface area (Å²) in [5, 5.41) is 0. The van der Waals surface area contributed by atoms with Gasteiger partial charge in [-0.3, -0.25) is 9.59 Å².